The van der Waals surface area contributed by atoms with E-state index in [1.807, 2.05) is 25.1 Å². The summed E-state index contributed by atoms with van der Waals surface area (Å²) in [6.07, 6.45) is 7.57. The highest BCUT2D eigenvalue weighted by molar-refractivity contribution is 6.06. The van der Waals surface area contributed by atoms with Crippen molar-refractivity contribution in [2.24, 2.45) is 11.8 Å². The normalized spacial score (nSPS) is 31.9. The number of hydrogen-bond acceptors (Lipinski definition) is 5. The number of carbonyl (C=O) groups is 1. The van der Waals surface area contributed by atoms with Gasteiger partial charge in [0.15, 0.2) is 6.33 Å². The summed E-state index contributed by atoms with van der Waals surface area (Å²) in [5, 5.41) is 16.7. The van der Waals surface area contributed by atoms with E-state index in [1.165, 1.54) is 18.8 Å². The minimum absolute atomic E-state index is 0.166. The van der Waals surface area contributed by atoms with Crippen molar-refractivity contribution in [3.05, 3.63) is 52.1 Å². The van der Waals surface area contributed by atoms with Crippen LogP contribution >= 0.6 is 0 Å². The third-order valence-electron chi connectivity index (χ3n) is 7.43. The number of amides is 1. The number of aromatic amines is 1. The van der Waals surface area contributed by atoms with Crippen molar-refractivity contribution in [1.29, 1.82) is 0 Å². The number of H-pyrrole nitrogens is 1. The minimum atomic E-state index is -0.284. The van der Waals surface area contributed by atoms with Crippen molar-refractivity contribution >= 4 is 16.8 Å². The molecule has 4 bridgehead atoms. The van der Waals surface area contributed by atoms with Crippen LogP contribution in [0.1, 0.15) is 54.4 Å². The van der Waals surface area contributed by atoms with E-state index in [4.69, 9.17) is 0 Å². The van der Waals surface area contributed by atoms with E-state index in [0.717, 1.165) is 43.1 Å². The third-order valence-corrected chi connectivity index (χ3v) is 7.43. The van der Waals surface area contributed by atoms with E-state index in [0.29, 0.717) is 22.9 Å². The number of rotatable bonds is 3. The molecule has 4 fully saturated rings. The third kappa shape index (κ3) is 2.62. The molecule has 0 radical (unpaired) electrons. The number of fused-ring (bicyclic) bond motifs is 1. The Bertz CT molecular complexity index is 1200. The predicted octanol–water partition coefficient (Wildman–Crippen LogP) is 2.30. The van der Waals surface area contributed by atoms with Gasteiger partial charge >= 0.3 is 0 Å². The average Bonchev–Trinajstić information content (AvgIpc) is 3.22. The molecular formula is C22H24N6O2. The maximum absolute atomic E-state index is 13.5. The van der Waals surface area contributed by atoms with Crippen LogP contribution in [0.5, 0.6) is 0 Å². The highest BCUT2D eigenvalue weighted by Crippen LogP contribution is 2.60. The lowest BCUT2D eigenvalue weighted by Crippen LogP contribution is -2.66. The second-order valence-electron chi connectivity index (χ2n) is 9.74. The first kappa shape index (κ1) is 17.8. The molecule has 4 aliphatic rings. The minimum Gasteiger partial charge on any atom is -0.346 e. The zero-order valence-corrected chi connectivity index (χ0v) is 16.9. The molecule has 8 nitrogen and oxygen atoms in total. The fourth-order valence-corrected chi connectivity index (χ4v) is 6.84. The van der Waals surface area contributed by atoms with Crippen LogP contribution in [0.15, 0.2) is 35.4 Å². The predicted molar refractivity (Wildman–Crippen MR) is 110 cm³/mol. The number of pyridine rings is 1. The summed E-state index contributed by atoms with van der Waals surface area (Å²) in [5.74, 6) is 0.937. The number of hydrogen-bond donors (Lipinski definition) is 2. The molecule has 2 aromatic heterocycles. The number of tetrazole rings is 1. The number of benzene rings is 1. The molecule has 0 spiro atoms. The number of aryl methyl sites for hydroxylation is 1. The lowest BCUT2D eigenvalue weighted by molar-refractivity contribution is -0.0810. The summed E-state index contributed by atoms with van der Waals surface area (Å²) in [4.78, 5) is 30.3. The Morgan fingerprint density at radius 3 is 2.73 bits per heavy atom. The largest absolute Gasteiger partial charge is 0.346 e. The molecule has 3 aromatic rings. The zero-order chi connectivity index (χ0) is 20.5. The summed E-state index contributed by atoms with van der Waals surface area (Å²) in [6, 6.07) is 7.18. The smallest absolute Gasteiger partial charge is 0.252 e. The second kappa shape index (κ2) is 6.00. The van der Waals surface area contributed by atoms with Crippen molar-refractivity contribution in [3.63, 3.8) is 0 Å². The van der Waals surface area contributed by atoms with Crippen LogP contribution in [0.3, 0.4) is 0 Å². The molecule has 4 aliphatic carbocycles. The van der Waals surface area contributed by atoms with Gasteiger partial charge < -0.3 is 10.3 Å². The van der Waals surface area contributed by atoms with Gasteiger partial charge in [0, 0.05) is 22.5 Å². The van der Waals surface area contributed by atoms with Crippen molar-refractivity contribution in [3.8, 4) is 0 Å². The Hall–Kier alpha value is -3.03. The Morgan fingerprint density at radius 2 is 2.00 bits per heavy atom. The average molecular weight is 404 g/mol. The van der Waals surface area contributed by atoms with Gasteiger partial charge in [0.05, 0.1) is 11.1 Å². The summed E-state index contributed by atoms with van der Waals surface area (Å²) in [6.45, 7) is 1.99. The van der Waals surface area contributed by atoms with Crippen LogP contribution in [0, 0.1) is 18.8 Å². The highest BCUT2D eigenvalue weighted by atomic mass is 16.2. The van der Waals surface area contributed by atoms with E-state index >= 15 is 0 Å². The van der Waals surface area contributed by atoms with E-state index in [2.05, 4.69) is 25.7 Å². The quantitative estimate of drug-likeness (QED) is 0.697. The summed E-state index contributed by atoms with van der Waals surface area (Å²) in [7, 11) is 0. The molecule has 2 N–H and O–H groups in total. The Balaban J connectivity index is 1.38. The Morgan fingerprint density at radius 1 is 1.20 bits per heavy atom. The number of carbonyl (C=O) groups excluding carboxylic acids is 1. The van der Waals surface area contributed by atoms with Gasteiger partial charge in [0.1, 0.15) is 0 Å². The second-order valence-corrected chi connectivity index (χ2v) is 9.74. The SMILES string of the molecule is Cc1ccc2[nH]c(=O)cc(C(=O)NC34CC5CC(C3)CC(n3ncnn3)(C5)C4)c2c1. The number of aromatic nitrogens is 5. The van der Waals surface area contributed by atoms with Crippen LogP contribution in [-0.2, 0) is 5.54 Å². The molecule has 4 saturated carbocycles. The van der Waals surface area contributed by atoms with Gasteiger partial charge in [0.25, 0.3) is 5.91 Å². The molecule has 0 aliphatic heterocycles. The van der Waals surface area contributed by atoms with Crippen LogP contribution in [-0.4, -0.2) is 36.6 Å². The van der Waals surface area contributed by atoms with Crippen molar-refractivity contribution in [1.82, 2.24) is 30.5 Å². The van der Waals surface area contributed by atoms with Gasteiger partial charge in [-0.3, -0.25) is 9.59 Å². The molecule has 1 aromatic carbocycles. The standard InChI is InChI=1S/C22H24N6O2/c1-13-2-3-18-16(4-13)17(6-19(29)25-18)20(30)26-21-7-14-5-15(8-21)10-22(9-14,11-21)28-24-12-23-27-28/h2-4,6,12,14-15H,5,7-11H2,1H3,(H,25,29)(H,26,30). The van der Waals surface area contributed by atoms with Gasteiger partial charge in [-0.2, -0.15) is 4.80 Å². The lowest BCUT2D eigenvalue weighted by Gasteiger charge is -2.61. The Kier molecular flexibility index (Phi) is 3.56. The number of nitrogens with zero attached hydrogens (tertiary/aromatic N) is 4. The molecule has 8 heteroatoms. The molecule has 0 saturated heterocycles. The first-order valence-electron chi connectivity index (χ1n) is 10.6. The van der Waals surface area contributed by atoms with Crippen LogP contribution in [0.25, 0.3) is 10.9 Å². The van der Waals surface area contributed by atoms with E-state index in [1.54, 1.807) is 4.80 Å². The molecule has 2 unspecified atom stereocenters. The summed E-state index contributed by atoms with van der Waals surface area (Å²) in [5.41, 5.74) is 1.47. The van der Waals surface area contributed by atoms with E-state index < -0.39 is 0 Å². The first-order valence-corrected chi connectivity index (χ1v) is 10.6. The van der Waals surface area contributed by atoms with Gasteiger partial charge in [-0.1, -0.05) is 11.6 Å². The summed E-state index contributed by atoms with van der Waals surface area (Å²) < 4.78 is 0. The zero-order valence-electron chi connectivity index (χ0n) is 16.9. The maximum atomic E-state index is 13.5. The van der Waals surface area contributed by atoms with Crippen LogP contribution < -0.4 is 10.9 Å². The van der Waals surface area contributed by atoms with Gasteiger partial charge in [-0.15, -0.1) is 10.2 Å². The van der Waals surface area contributed by atoms with Gasteiger partial charge in [0.2, 0.25) is 5.56 Å². The van der Waals surface area contributed by atoms with Crippen molar-refractivity contribution < 1.29 is 4.79 Å². The van der Waals surface area contributed by atoms with Crippen molar-refractivity contribution in [2.75, 3.05) is 0 Å². The van der Waals surface area contributed by atoms with Crippen molar-refractivity contribution in [2.45, 2.75) is 56.5 Å². The fraction of sp³-hybridized carbons (Fsp3) is 0.500. The number of nitrogens with one attached hydrogen (secondary N) is 2. The van der Waals surface area contributed by atoms with E-state index in [9.17, 15) is 9.59 Å². The maximum Gasteiger partial charge on any atom is 0.252 e. The molecule has 2 heterocycles. The Labute approximate surface area is 173 Å². The molecular weight excluding hydrogens is 380 g/mol. The monoisotopic (exact) mass is 404 g/mol. The topological polar surface area (TPSA) is 106 Å². The molecule has 1 amide bonds. The van der Waals surface area contributed by atoms with E-state index in [-0.39, 0.29) is 22.5 Å². The molecule has 154 valence electrons. The van der Waals surface area contributed by atoms with Crippen LogP contribution in [0.2, 0.25) is 0 Å². The van der Waals surface area contributed by atoms with Gasteiger partial charge in [-0.05, 0) is 74.6 Å². The lowest BCUT2D eigenvalue weighted by atomic mass is 9.50. The van der Waals surface area contributed by atoms with Crippen LogP contribution in [0.4, 0.5) is 0 Å². The fourth-order valence-electron chi connectivity index (χ4n) is 6.84. The summed E-state index contributed by atoms with van der Waals surface area (Å²) >= 11 is 0. The highest BCUT2D eigenvalue weighted by Gasteiger charge is 2.60. The first-order chi connectivity index (χ1) is 14.4. The molecule has 30 heavy (non-hydrogen) atoms. The van der Waals surface area contributed by atoms with Gasteiger partial charge in [-0.25, -0.2) is 0 Å². The molecule has 7 rings (SSSR count). The molecule has 2 atom stereocenters.